The Kier molecular flexibility index (Phi) is 6.19. The first kappa shape index (κ1) is 19.0. The Balaban J connectivity index is 1.97. The summed E-state index contributed by atoms with van der Waals surface area (Å²) in [6, 6.07) is 6.40. The molecule has 1 heterocycles. The SMILES string of the molecule is C=CCNC(=O)C1CCN(C(=O)c2cccc(NS(C)(=O)=O)c2)CC1. The Bertz CT molecular complexity index is 753. The van der Waals surface area contributed by atoms with Crippen LogP contribution in [0.2, 0.25) is 0 Å². The molecule has 0 bridgehead atoms. The third kappa shape index (κ3) is 5.60. The van der Waals surface area contributed by atoms with Crippen LogP contribution in [0.3, 0.4) is 0 Å². The lowest BCUT2D eigenvalue weighted by Gasteiger charge is -2.31. The molecule has 1 aliphatic heterocycles. The molecule has 7 nitrogen and oxygen atoms in total. The first-order chi connectivity index (χ1) is 11.8. The second-order valence-corrected chi connectivity index (χ2v) is 7.80. The molecule has 2 N–H and O–H groups in total. The van der Waals surface area contributed by atoms with Gasteiger partial charge in [-0.3, -0.25) is 14.3 Å². The van der Waals surface area contributed by atoms with Crippen molar-refractivity contribution in [1.82, 2.24) is 10.2 Å². The third-order valence-electron chi connectivity index (χ3n) is 3.99. The molecule has 0 aromatic heterocycles. The molecular formula is C17H23N3O4S. The number of amides is 2. The van der Waals surface area contributed by atoms with E-state index in [1.54, 1.807) is 29.2 Å². The van der Waals surface area contributed by atoms with Crippen molar-refractivity contribution in [1.29, 1.82) is 0 Å². The Hall–Kier alpha value is -2.35. The number of sulfonamides is 1. The fraction of sp³-hybridized carbons (Fsp3) is 0.412. The van der Waals surface area contributed by atoms with Crippen LogP contribution in [0.15, 0.2) is 36.9 Å². The minimum Gasteiger partial charge on any atom is -0.352 e. The molecule has 0 saturated carbocycles. The fourth-order valence-electron chi connectivity index (χ4n) is 2.77. The Morgan fingerprint density at radius 3 is 2.60 bits per heavy atom. The van der Waals surface area contributed by atoms with Crippen molar-refractivity contribution in [3.8, 4) is 0 Å². The summed E-state index contributed by atoms with van der Waals surface area (Å²) in [7, 11) is -3.40. The monoisotopic (exact) mass is 365 g/mol. The van der Waals surface area contributed by atoms with E-state index in [0.29, 0.717) is 43.7 Å². The maximum absolute atomic E-state index is 12.6. The number of nitrogens with zero attached hydrogens (tertiary/aromatic N) is 1. The van der Waals surface area contributed by atoms with Gasteiger partial charge in [0.25, 0.3) is 5.91 Å². The van der Waals surface area contributed by atoms with E-state index >= 15 is 0 Å². The molecule has 0 spiro atoms. The van der Waals surface area contributed by atoms with Crippen LogP contribution in [0, 0.1) is 5.92 Å². The zero-order valence-electron chi connectivity index (χ0n) is 14.2. The summed E-state index contributed by atoms with van der Waals surface area (Å²) in [4.78, 5) is 26.2. The molecule has 25 heavy (non-hydrogen) atoms. The average molecular weight is 365 g/mol. The van der Waals surface area contributed by atoms with Gasteiger partial charge in [0, 0.05) is 36.8 Å². The van der Waals surface area contributed by atoms with Gasteiger partial charge < -0.3 is 10.2 Å². The van der Waals surface area contributed by atoms with E-state index in [4.69, 9.17) is 0 Å². The second-order valence-electron chi connectivity index (χ2n) is 6.06. The number of piperidine rings is 1. The molecule has 1 saturated heterocycles. The fourth-order valence-corrected chi connectivity index (χ4v) is 3.33. The highest BCUT2D eigenvalue weighted by atomic mass is 32.2. The van der Waals surface area contributed by atoms with Crippen LogP contribution in [0.1, 0.15) is 23.2 Å². The summed E-state index contributed by atoms with van der Waals surface area (Å²) in [5.41, 5.74) is 0.773. The topological polar surface area (TPSA) is 95.6 Å². The normalized spacial score (nSPS) is 15.5. The van der Waals surface area contributed by atoms with Crippen LogP contribution in [-0.4, -0.2) is 51.0 Å². The molecule has 1 fully saturated rings. The van der Waals surface area contributed by atoms with Crippen molar-refractivity contribution in [2.24, 2.45) is 5.92 Å². The lowest BCUT2D eigenvalue weighted by atomic mass is 9.95. The Labute approximate surface area is 148 Å². The molecule has 1 aromatic rings. The molecule has 2 rings (SSSR count). The molecule has 1 aromatic carbocycles. The zero-order valence-corrected chi connectivity index (χ0v) is 15.0. The molecule has 136 valence electrons. The van der Waals surface area contributed by atoms with Crippen LogP contribution in [0.25, 0.3) is 0 Å². The van der Waals surface area contributed by atoms with Gasteiger partial charge in [-0.1, -0.05) is 12.1 Å². The number of hydrogen-bond donors (Lipinski definition) is 2. The number of rotatable bonds is 6. The second kappa shape index (κ2) is 8.15. The Morgan fingerprint density at radius 1 is 1.32 bits per heavy atom. The molecule has 8 heteroatoms. The summed E-state index contributed by atoms with van der Waals surface area (Å²) in [5.74, 6) is -0.268. The summed E-state index contributed by atoms with van der Waals surface area (Å²) in [6.07, 6.45) is 3.91. The molecule has 1 aliphatic rings. The van der Waals surface area contributed by atoms with Crippen molar-refractivity contribution in [3.63, 3.8) is 0 Å². The largest absolute Gasteiger partial charge is 0.352 e. The Morgan fingerprint density at radius 2 is 2.00 bits per heavy atom. The standard InChI is InChI=1S/C17H23N3O4S/c1-3-9-18-16(21)13-7-10-20(11-8-13)17(22)14-5-4-6-15(12-14)19-25(2,23)24/h3-6,12-13,19H,1,7-11H2,2H3,(H,18,21). The third-order valence-corrected chi connectivity index (χ3v) is 4.59. The lowest BCUT2D eigenvalue weighted by molar-refractivity contribution is -0.126. The van der Waals surface area contributed by atoms with Gasteiger partial charge in [-0.15, -0.1) is 6.58 Å². The van der Waals surface area contributed by atoms with Gasteiger partial charge in [0.15, 0.2) is 0 Å². The smallest absolute Gasteiger partial charge is 0.253 e. The van der Waals surface area contributed by atoms with E-state index in [0.717, 1.165) is 6.26 Å². The maximum atomic E-state index is 12.6. The zero-order chi connectivity index (χ0) is 18.4. The van der Waals surface area contributed by atoms with Gasteiger partial charge in [-0.05, 0) is 31.0 Å². The molecule has 0 unspecified atom stereocenters. The average Bonchev–Trinajstić information content (AvgIpc) is 2.58. The highest BCUT2D eigenvalue weighted by molar-refractivity contribution is 7.92. The van der Waals surface area contributed by atoms with E-state index in [1.165, 1.54) is 6.07 Å². The first-order valence-corrected chi connectivity index (χ1v) is 9.95. The van der Waals surface area contributed by atoms with Crippen molar-refractivity contribution in [2.75, 3.05) is 30.6 Å². The molecule has 0 aliphatic carbocycles. The summed E-state index contributed by atoms with van der Waals surface area (Å²) < 4.78 is 25.0. The van der Waals surface area contributed by atoms with Gasteiger partial charge in [0.05, 0.1) is 6.26 Å². The van der Waals surface area contributed by atoms with Crippen molar-refractivity contribution < 1.29 is 18.0 Å². The van der Waals surface area contributed by atoms with E-state index in [-0.39, 0.29) is 17.7 Å². The van der Waals surface area contributed by atoms with E-state index in [1.807, 2.05) is 0 Å². The summed E-state index contributed by atoms with van der Waals surface area (Å²) in [5, 5.41) is 2.78. The maximum Gasteiger partial charge on any atom is 0.253 e. The summed E-state index contributed by atoms with van der Waals surface area (Å²) >= 11 is 0. The van der Waals surface area contributed by atoms with Crippen molar-refractivity contribution >= 4 is 27.5 Å². The molecule has 0 radical (unpaired) electrons. The lowest BCUT2D eigenvalue weighted by Crippen LogP contribution is -2.43. The van der Waals surface area contributed by atoms with E-state index < -0.39 is 10.0 Å². The molecule has 0 atom stereocenters. The van der Waals surface area contributed by atoms with Gasteiger partial charge in [0.1, 0.15) is 0 Å². The number of anilines is 1. The first-order valence-electron chi connectivity index (χ1n) is 8.06. The van der Waals surface area contributed by atoms with Crippen LogP contribution in [-0.2, 0) is 14.8 Å². The van der Waals surface area contributed by atoms with E-state index in [2.05, 4.69) is 16.6 Å². The van der Waals surface area contributed by atoms with Crippen LogP contribution in [0.5, 0.6) is 0 Å². The number of carbonyl (C=O) groups excluding carboxylic acids is 2. The molecular weight excluding hydrogens is 342 g/mol. The minimum absolute atomic E-state index is 0.00801. The minimum atomic E-state index is -3.40. The highest BCUT2D eigenvalue weighted by Gasteiger charge is 2.27. The number of carbonyl (C=O) groups is 2. The van der Waals surface area contributed by atoms with Crippen molar-refractivity contribution in [2.45, 2.75) is 12.8 Å². The predicted octanol–water partition coefficient (Wildman–Crippen LogP) is 1.21. The van der Waals surface area contributed by atoms with Crippen molar-refractivity contribution in [3.05, 3.63) is 42.5 Å². The van der Waals surface area contributed by atoms with Gasteiger partial charge >= 0.3 is 0 Å². The van der Waals surface area contributed by atoms with Crippen LogP contribution >= 0.6 is 0 Å². The quantitative estimate of drug-likeness (QED) is 0.741. The highest BCUT2D eigenvalue weighted by Crippen LogP contribution is 2.20. The van der Waals surface area contributed by atoms with Gasteiger partial charge in [0.2, 0.25) is 15.9 Å². The number of likely N-dealkylation sites (tertiary alicyclic amines) is 1. The number of benzene rings is 1. The number of nitrogens with one attached hydrogen (secondary N) is 2. The molecule has 2 amide bonds. The van der Waals surface area contributed by atoms with Gasteiger partial charge in [-0.2, -0.15) is 0 Å². The predicted molar refractivity (Wildman–Crippen MR) is 96.7 cm³/mol. The van der Waals surface area contributed by atoms with Gasteiger partial charge in [-0.25, -0.2) is 8.42 Å². The van der Waals surface area contributed by atoms with Crippen LogP contribution < -0.4 is 10.0 Å². The van der Waals surface area contributed by atoms with E-state index in [9.17, 15) is 18.0 Å². The number of hydrogen-bond acceptors (Lipinski definition) is 4. The summed E-state index contributed by atoms with van der Waals surface area (Å²) in [6.45, 7) is 5.00. The van der Waals surface area contributed by atoms with Crippen LogP contribution in [0.4, 0.5) is 5.69 Å².